The minimum Gasteiger partial charge on any atom is -0.494 e. The number of rotatable bonds is 11. The molecule has 1 N–H and O–H groups in total. The molecule has 0 saturated carbocycles. The van der Waals surface area contributed by atoms with Crippen LogP contribution in [0.3, 0.4) is 0 Å². The summed E-state index contributed by atoms with van der Waals surface area (Å²) in [6, 6.07) is 11.3. The van der Waals surface area contributed by atoms with E-state index in [-0.39, 0.29) is 5.91 Å². The lowest BCUT2D eigenvalue weighted by molar-refractivity contribution is -0.111. The lowest BCUT2D eigenvalue weighted by atomic mass is 10.2. The summed E-state index contributed by atoms with van der Waals surface area (Å²) in [7, 11) is 3.22. The number of aromatic nitrogens is 1. The van der Waals surface area contributed by atoms with Gasteiger partial charge in [-0.05, 0) is 42.3 Å². The highest BCUT2D eigenvalue weighted by atomic mass is 32.1. The number of benzene rings is 2. The van der Waals surface area contributed by atoms with Crippen LogP contribution in [0.4, 0.5) is 5.13 Å². The molecular formula is C24H28N2O4S. The number of para-hydroxylation sites is 1. The highest BCUT2D eigenvalue weighted by molar-refractivity contribution is 7.22. The molecule has 3 aromatic rings. The summed E-state index contributed by atoms with van der Waals surface area (Å²) in [5, 5.41) is 3.33. The van der Waals surface area contributed by atoms with Crippen LogP contribution in [-0.2, 0) is 4.79 Å². The van der Waals surface area contributed by atoms with Gasteiger partial charge in [0.15, 0.2) is 16.6 Å². The van der Waals surface area contributed by atoms with E-state index in [4.69, 9.17) is 14.2 Å². The molecule has 0 aliphatic carbocycles. The molecule has 0 aliphatic rings. The zero-order valence-electron chi connectivity index (χ0n) is 18.1. The topological polar surface area (TPSA) is 69.7 Å². The summed E-state index contributed by atoms with van der Waals surface area (Å²) in [6.07, 6.45) is 7.81. The number of amides is 1. The third-order valence-corrected chi connectivity index (χ3v) is 5.64. The predicted octanol–water partition coefficient (Wildman–Crippen LogP) is 5.92. The van der Waals surface area contributed by atoms with E-state index in [0.717, 1.165) is 28.6 Å². The van der Waals surface area contributed by atoms with Crippen molar-refractivity contribution in [1.29, 1.82) is 0 Å². The SMILES string of the molecule is CCCCCCOc1ccc(/C=C/C(=O)Nc2nc3c(OC)cccc3s2)cc1OC. The molecule has 0 bridgehead atoms. The quantitative estimate of drug-likeness (QED) is 0.296. The standard InChI is InChI=1S/C24H28N2O4S/c1-4-5-6-7-15-30-18-13-11-17(16-20(18)29-3)12-14-22(27)25-24-26-23-19(28-2)9-8-10-21(23)31-24/h8-14,16H,4-7,15H2,1-3H3,(H,25,26,27)/b14-12+. The Labute approximate surface area is 186 Å². The summed E-state index contributed by atoms with van der Waals surface area (Å²) >= 11 is 1.40. The molecule has 0 spiro atoms. The molecule has 0 saturated heterocycles. The summed E-state index contributed by atoms with van der Waals surface area (Å²) in [6.45, 7) is 2.85. The molecule has 3 rings (SSSR count). The van der Waals surface area contributed by atoms with Crippen molar-refractivity contribution in [2.75, 3.05) is 26.1 Å². The van der Waals surface area contributed by atoms with Gasteiger partial charge in [-0.1, -0.05) is 49.7 Å². The maximum atomic E-state index is 12.3. The van der Waals surface area contributed by atoms with Gasteiger partial charge in [0.1, 0.15) is 11.3 Å². The first-order chi connectivity index (χ1) is 15.1. The molecule has 0 unspecified atom stereocenters. The molecule has 0 fully saturated rings. The molecule has 164 valence electrons. The first-order valence-electron chi connectivity index (χ1n) is 10.4. The van der Waals surface area contributed by atoms with Crippen molar-refractivity contribution < 1.29 is 19.0 Å². The molecule has 0 atom stereocenters. The van der Waals surface area contributed by atoms with Gasteiger partial charge in [0, 0.05) is 6.08 Å². The van der Waals surface area contributed by atoms with Crippen molar-refractivity contribution in [2.24, 2.45) is 0 Å². The van der Waals surface area contributed by atoms with Crippen LogP contribution in [-0.4, -0.2) is 31.7 Å². The largest absolute Gasteiger partial charge is 0.494 e. The third-order valence-electron chi connectivity index (χ3n) is 4.70. The van der Waals surface area contributed by atoms with Crippen molar-refractivity contribution in [3.05, 3.63) is 48.0 Å². The van der Waals surface area contributed by atoms with Crippen LogP contribution in [0.2, 0.25) is 0 Å². The minimum atomic E-state index is -0.256. The van der Waals surface area contributed by atoms with E-state index in [2.05, 4.69) is 17.2 Å². The van der Waals surface area contributed by atoms with Crippen molar-refractivity contribution in [3.63, 3.8) is 0 Å². The average molecular weight is 441 g/mol. The van der Waals surface area contributed by atoms with Gasteiger partial charge < -0.3 is 14.2 Å². The molecule has 2 aromatic carbocycles. The van der Waals surface area contributed by atoms with Gasteiger partial charge in [0.2, 0.25) is 5.91 Å². The number of nitrogens with one attached hydrogen (secondary N) is 1. The summed E-state index contributed by atoms with van der Waals surface area (Å²) in [5.41, 5.74) is 1.58. The van der Waals surface area contributed by atoms with E-state index in [0.29, 0.717) is 29.0 Å². The molecular weight excluding hydrogens is 412 g/mol. The number of carbonyl (C=O) groups excluding carboxylic acids is 1. The van der Waals surface area contributed by atoms with Crippen molar-refractivity contribution in [1.82, 2.24) is 4.98 Å². The fourth-order valence-corrected chi connectivity index (χ4v) is 3.96. The van der Waals surface area contributed by atoms with Gasteiger partial charge in [-0.25, -0.2) is 4.98 Å². The number of hydrogen-bond donors (Lipinski definition) is 1. The smallest absolute Gasteiger partial charge is 0.250 e. The minimum absolute atomic E-state index is 0.256. The summed E-state index contributed by atoms with van der Waals surface area (Å²) in [4.78, 5) is 16.8. The van der Waals surface area contributed by atoms with E-state index in [9.17, 15) is 4.79 Å². The monoisotopic (exact) mass is 440 g/mol. The van der Waals surface area contributed by atoms with Gasteiger partial charge in [0.05, 0.1) is 25.5 Å². The zero-order valence-corrected chi connectivity index (χ0v) is 19.0. The number of unbranched alkanes of at least 4 members (excludes halogenated alkanes) is 3. The normalized spacial score (nSPS) is 11.1. The molecule has 1 aromatic heterocycles. The van der Waals surface area contributed by atoms with Crippen LogP contribution >= 0.6 is 11.3 Å². The highest BCUT2D eigenvalue weighted by Gasteiger charge is 2.10. The number of nitrogens with zero attached hydrogens (tertiary/aromatic N) is 1. The molecule has 1 amide bonds. The van der Waals surface area contributed by atoms with E-state index in [1.54, 1.807) is 20.3 Å². The molecule has 0 aliphatic heterocycles. The van der Waals surface area contributed by atoms with E-state index in [1.165, 1.54) is 30.3 Å². The Bertz CT molecular complexity index is 1050. The Morgan fingerprint density at radius 1 is 1.06 bits per heavy atom. The zero-order chi connectivity index (χ0) is 22.1. The lowest BCUT2D eigenvalue weighted by Gasteiger charge is -2.11. The molecule has 1 heterocycles. The number of ether oxygens (including phenoxy) is 3. The Balaban J connectivity index is 1.61. The molecule has 7 heteroatoms. The predicted molar refractivity (Wildman–Crippen MR) is 126 cm³/mol. The van der Waals surface area contributed by atoms with E-state index in [1.807, 2.05) is 36.4 Å². The second kappa shape index (κ2) is 11.4. The second-order valence-corrected chi connectivity index (χ2v) is 8.00. The molecule has 6 nitrogen and oxygen atoms in total. The van der Waals surface area contributed by atoms with Crippen LogP contribution in [0, 0.1) is 0 Å². The van der Waals surface area contributed by atoms with Crippen LogP contribution < -0.4 is 19.5 Å². The van der Waals surface area contributed by atoms with Gasteiger partial charge in [-0.3, -0.25) is 10.1 Å². The van der Waals surface area contributed by atoms with Crippen molar-refractivity contribution >= 4 is 38.7 Å². The van der Waals surface area contributed by atoms with Gasteiger partial charge in [-0.15, -0.1) is 0 Å². The van der Waals surface area contributed by atoms with Crippen molar-refractivity contribution in [2.45, 2.75) is 32.6 Å². The Morgan fingerprint density at radius 3 is 2.68 bits per heavy atom. The van der Waals surface area contributed by atoms with Crippen LogP contribution in [0.15, 0.2) is 42.5 Å². The maximum Gasteiger partial charge on any atom is 0.250 e. The summed E-state index contributed by atoms with van der Waals surface area (Å²) in [5.74, 6) is 1.79. The van der Waals surface area contributed by atoms with E-state index < -0.39 is 0 Å². The maximum absolute atomic E-state index is 12.3. The average Bonchev–Trinajstić information content (AvgIpc) is 3.20. The fraction of sp³-hybridized carbons (Fsp3) is 0.333. The van der Waals surface area contributed by atoms with E-state index >= 15 is 0 Å². The lowest BCUT2D eigenvalue weighted by Crippen LogP contribution is -2.07. The number of thiazole rings is 1. The molecule has 31 heavy (non-hydrogen) atoms. The van der Waals surface area contributed by atoms with Crippen LogP contribution in [0.1, 0.15) is 38.2 Å². The number of methoxy groups -OCH3 is 2. The second-order valence-electron chi connectivity index (χ2n) is 6.97. The first-order valence-corrected chi connectivity index (χ1v) is 11.2. The number of carbonyl (C=O) groups is 1. The van der Waals surface area contributed by atoms with Gasteiger partial charge in [0.25, 0.3) is 0 Å². The fourth-order valence-electron chi connectivity index (χ4n) is 3.08. The number of anilines is 1. The Morgan fingerprint density at radius 2 is 1.90 bits per heavy atom. The Hall–Kier alpha value is -3.06. The van der Waals surface area contributed by atoms with Crippen LogP contribution in [0.5, 0.6) is 17.2 Å². The highest BCUT2D eigenvalue weighted by Crippen LogP contribution is 2.32. The van der Waals surface area contributed by atoms with Crippen LogP contribution in [0.25, 0.3) is 16.3 Å². The third kappa shape index (κ3) is 6.21. The first kappa shape index (κ1) is 22.6. The number of fused-ring (bicyclic) bond motifs is 1. The number of hydrogen-bond acceptors (Lipinski definition) is 6. The molecule has 0 radical (unpaired) electrons. The Kier molecular flexibility index (Phi) is 8.29. The van der Waals surface area contributed by atoms with Crippen molar-refractivity contribution in [3.8, 4) is 17.2 Å². The van der Waals surface area contributed by atoms with Gasteiger partial charge in [-0.2, -0.15) is 0 Å². The summed E-state index contributed by atoms with van der Waals surface area (Å²) < 4.78 is 17.6. The van der Waals surface area contributed by atoms with Gasteiger partial charge >= 0.3 is 0 Å².